The average molecular weight is 374 g/mol. The highest BCUT2D eigenvalue weighted by molar-refractivity contribution is 7.14. The molecule has 0 spiro atoms. The van der Waals surface area contributed by atoms with Crippen LogP contribution in [0.2, 0.25) is 5.02 Å². The standard InChI is InChI=1S/C17H12ClN3O3S/c1-10-13(3-2-4-15(10)21(23)24)16(22)20-17-19-14(9-25-17)11-5-7-12(18)8-6-11/h2-9H,1H3,(H,19,20,22). The van der Waals surface area contributed by atoms with Crippen molar-refractivity contribution in [3.8, 4) is 11.3 Å². The molecule has 1 N–H and O–H groups in total. The lowest BCUT2D eigenvalue weighted by atomic mass is 10.1. The summed E-state index contributed by atoms with van der Waals surface area (Å²) in [6.07, 6.45) is 0. The summed E-state index contributed by atoms with van der Waals surface area (Å²) in [6, 6.07) is 11.6. The topological polar surface area (TPSA) is 85.1 Å². The zero-order chi connectivity index (χ0) is 18.0. The number of aromatic nitrogens is 1. The van der Waals surface area contributed by atoms with Crippen molar-refractivity contribution in [2.45, 2.75) is 6.92 Å². The van der Waals surface area contributed by atoms with Crippen LogP contribution in [0.5, 0.6) is 0 Å². The van der Waals surface area contributed by atoms with Gasteiger partial charge in [-0.25, -0.2) is 4.98 Å². The number of hydrogen-bond donors (Lipinski definition) is 1. The number of hydrogen-bond acceptors (Lipinski definition) is 5. The maximum absolute atomic E-state index is 12.4. The van der Waals surface area contributed by atoms with Crippen LogP contribution >= 0.6 is 22.9 Å². The van der Waals surface area contributed by atoms with Crippen molar-refractivity contribution in [1.82, 2.24) is 4.98 Å². The van der Waals surface area contributed by atoms with E-state index in [-0.39, 0.29) is 11.3 Å². The summed E-state index contributed by atoms with van der Waals surface area (Å²) in [4.78, 5) is 27.3. The Morgan fingerprint density at radius 1 is 1.24 bits per heavy atom. The molecule has 3 rings (SSSR count). The van der Waals surface area contributed by atoms with Crippen molar-refractivity contribution in [1.29, 1.82) is 0 Å². The second-order valence-electron chi connectivity index (χ2n) is 5.21. The molecule has 0 saturated carbocycles. The molecular weight excluding hydrogens is 362 g/mol. The van der Waals surface area contributed by atoms with Gasteiger partial charge in [-0.05, 0) is 25.1 Å². The normalized spacial score (nSPS) is 10.5. The Balaban J connectivity index is 1.82. The van der Waals surface area contributed by atoms with Crippen molar-refractivity contribution < 1.29 is 9.72 Å². The van der Waals surface area contributed by atoms with Gasteiger partial charge in [0, 0.05) is 33.2 Å². The average Bonchev–Trinajstić information content (AvgIpc) is 3.03. The minimum atomic E-state index is -0.506. The van der Waals surface area contributed by atoms with Crippen molar-refractivity contribution >= 4 is 39.7 Å². The number of nitro groups is 1. The number of benzene rings is 2. The quantitative estimate of drug-likeness (QED) is 0.518. The molecule has 1 aromatic heterocycles. The molecule has 2 aromatic carbocycles. The number of anilines is 1. The van der Waals surface area contributed by atoms with Gasteiger partial charge in [-0.3, -0.25) is 20.2 Å². The molecule has 0 aliphatic carbocycles. The lowest BCUT2D eigenvalue weighted by Crippen LogP contribution is -2.14. The molecule has 0 atom stereocenters. The molecule has 126 valence electrons. The van der Waals surface area contributed by atoms with E-state index in [1.807, 2.05) is 17.5 Å². The molecule has 25 heavy (non-hydrogen) atoms. The molecule has 8 heteroatoms. The number of halogens is 1. The van der Waals surface area contributed by atoms with Crippen LogP contribution in [0.3, 0.4) is 0 Å². The van der Waals surface area contributed by atoms with Crippen molar-refractivity contribution in [3.63, 3.8) is 0 Å². The van der Waals surface area contributed by atoms with Gasteiger partial charge < -0.3 is 0 Å². The first-order chi connectivity index (χ1) is 12.0. The van der Waals surface area contributed by atoms with Gasteiger partial charge >= 0.3 is 0 Å². The van der Waals surface area contributed by atoms with Crippen LogP contribution in [0.1, 0.15) is 15.9 Å². The van der Waals surface area contributed by atoms with Crippen LogP contribution in [0.25, 0.3) is 11.3 Å². The first kappa shape index (κ1) is 17.1. The van der Waals surface area contributed by atoms with E-state index in [2.05, 4.69) is 10.3 Å². The Bertz CT molecular complexity index is 954. The molecule has 0 saturated heterocycles. The highest BCUT2D eigenvalue weighted by atomic mass is 35.5. The van der Waals surface area contributed by atoms with Crippen LogP contribution in [0.15, 0.2) is 47.8 Å². The monoisotopic (exact) mass is 373 g/mol. The van der Waals surface area contributed by atoms with Crippen molar-refractivity contribution in [2.75, 3.05) is 5.32 Å². The third kappa shape index (κ3) is 3.67. The summed E-state index contributed by atoms with van der Waals surface area (Å²) >= 11 is 7.15. The number of amides is 1. The Morgan fingerprint density at radius 2 is 1.96 bits per heavy atom. The van der Waals surface area contributed by atoms with Gasteiger partial charge in [0.2, 0.25) is 0 Å². The summed E-state index contributed by atoms with van der Waals surface area (Å²) in [5.41, 5.74) is 2.07. The Hall–Kier alpha value is -2.77. The number of nitrogens with zero attached hydrogens (tertiary/aromatic N) is 2. The smallest absolute Gasteiger partial charge is 0.273 e. The third-order valence-corrected chi connectivity index (χ3v) is 4.62. The van der Waals surface area contributed by atoms with Crippen LogP contribution in [0, 0.1) is 17.0 Å². The van der Waals surface area contributed by atoms with Crippen LogP contribution in [-0.2, 0) is 0 Å². The Morgan fingerprint density at radius 3 is 2.64 bits per heavy atom. The van der Waals surface area contributed by atoms with E-state index < -0.39 is 10.8 Å². The molecular formula is C17H12ClN3O3S. The predicted molar refractivity (Wildman–Crippen MR) is 98.3 cm³/mol. The first-order valence-corrected chi connectivity index (χ1v) is 8.48. The number of nitrogens with one attached hydrogen (secondary N) is 1. The molecule has 1 amide bonds. The van der Waals surface area contributed by atoms with E-state index in [0.717, 1.165) is 5.56 Å². The van der Waals surface area contributed by atoms with Crippen molar-refractivity contribution in [2.24, 2.45) is 0 Å². The van der Waals surface area contributed by atoms with Gasteiger partial charge in [-0.2, -0.15) is 0 Å². The fourth-order valence-electron chi connectivity index (χ4n) is 2.32. The second-order valence-corrected chi connectivity index (χ2v) is 6.50. The summed E-state index contributed by atoms with van der Waals surface area (Å²) in [5.74, 6) is -0.432. The Labute approximate surface area is 152 Å². The molecule has 0 fully saturated rings. The van der Waals surface area contributed by atoms with Crippen molar-refractivity contribution in [3.05, 3.63) is 74.1 Å². The van der Waals surface area contributed by atoms with Crippen LogP contribution < -0.4 is 5.32 Å². The van der Waals surface area contributed by atoms with E-state index in [1.165, 1.54) is 23.5 Å². The SMILES string of the molecule is Cc1c(C(=O)Nc2nc(-c3ccc(Cl)cc3)cs2)cccc1[N+](=O)[O-]. The summed E-state index contributed by atoms with van der Waals surface area (Å²) < 4.78 is 0. The third-order valence-electron chi connectivity index (χ3n) is 3.61. The first-order valence-electron chi connectivity index (χ1n) is 7.22. The summed E-state index contributed by atoms with van der Waals surface area (Å²) in [5, 5.41) is 16.5. The zero-order valence-electron chi connectivity index (χ0n) is 13.0. The molecule has 3 aromatic rings. The highest BCUT2D eigenvalue weighted by Crippen LogP contribution is 2.27. The number of carbonyl (C=O) groups excluding carboxylic acids is 1. The molecule has 6 nitrogen and oxygen atoms in total. The van der Waals surface area contributed by atoms with E-state index in [4.69, 9.17) is 11.6 Å². The van der Waals surface area contributed by atoms with Crippen LogP contribution in [0.4, 0.5) is 10.8 Å². The van der Waals surface area contributed by atoms with Gasteiger partial charge in [0.25, 0.3) is 11.6 Å². The number of nitro benzene ring substituents is 1. The Kier molecular flexibility index (Phi) is 4.78. The van der Waals surface area contributed by atoms with E-state index in [9.17, 15) is 14.9 Å². The minimum Gasteiger partial charge on any atom is -0.298 e. The maximum Gasteiger partial charge on any atom is 0.273 e. The summed E-state index contributed by atoms with van der Waals surface area (Å²) in [6.45, 7) is 1.55. The minimum absolute atomic E-state index is 0.0892. The molecule has 0 bridgehead atoms. The number of rotatable bonds is 4. The van der Waals surface area contributed by atoms with Crippen LogP contribution in [-0.4, -0.2) is 15.8 Å². The molecule has 1 heterocycles. The highest BCUT2D eigenvalue weighted by Gasteiger charge is 2.18. The van der Waals surface area contributed by atoms with Gasteiger partial charge in [0.15, 0.2) is 5.13 Å². The fraction of sp³-hybridized carbons (Fsp3) is 0.0588. The number of thiazole rings is 1. The predicted octanol–water partition coefficient (Wildman–Crippen LogP) is 4.93. The lowest BCUT2D eigenvalue weighted by Gasteiger charge is -2.05. The molecule has 0 unspecified atom stereocenters. The largest absolute Gasteiger partial charge is 0.298 e. The van der Waals surface area contributed by atoms with Gasteiger partial charge in [-0.1, -0.05) is 29.8 Å². The van der Waals surface area contributed by atoms with Gasteiger partial charge in [-0.15, -0.1) is 11.3 Å². The molecule has 0 aliphatic heterocycles. The number of carbonyl (C=O) groups is 1. The van der Waals surface area contributed by atoms with Gasteiger partial charge in [0.1, 0.15) is 0 Å². The summed E-state index contributed by atoms with van der Waals surface area (Å²) in [7, 11) is 0. The second kappa shape index (κ2) is 7.00. The maximum atomic E-state index is 12.4. The van der Waals surface area contributed by atoms with E-state index in [1.54, 1.807) is 25.1 Å². The molecule has 0 aliphatic rings. The van der Waals surface area contributed by atoms with Gasteiger partial charge in [0.05, 0.1) is 10.6 Å². The van der Waals surface area contributed by atoms with E-state index >= 15 is 0 Å². The van der Waals surface area contributed by atoms with E-state index in [0.29, 0.717) is 21.4 Å². The molecule has 0 radical (unpaired) electrons. The fourth-order valence-corrected chi connectivity index (χ4v) is 3.16. The zero-order valence-corrected chi connectivity index (χ0v) is 14.6. The lowest BCUT2D eigenvalue weighted by molar-refractivity contribution is -0.385.